The van der Waals surface area contributed by atoms with Crippen molar-refractivity contribution in [3.63, 3.8) is 0 Å². The number of fused-ring (bicyclic) bond motifs is 1. The molecule has 0 spiro atoms. The van der Waals surface area contributed by atoms with Crippen molar-refractivity contribution in [1.82, 2.24) is 5.32 Å². The van der Waals surface area contributed by atoms with E-state index in [1.54, 1.807) is 25.3 Å². The molecule has 0 saturated carbocycles. The van der Waals surface area contributed by atoms with Crippen molar-refractivity contribution >= 4 is 40.7 Å². The Morgan fingerprint density at radius 3 is 2.44 bits per heavy atom. The fourth-order valence-corrected chi connectivity index (χ4v) is 4.62. The third-order valence-corrected chi connectivity index (χ3v) is 6.59. The lowest BCUT2D eigenvalue weighted by atomic mass is 9.81. The molecule has 36 heavy (non-hydrogen) atoms. The molecule has 0 bridgehead atoms. The average Bonchev–Trinajstić information content (AvgIpc) is 2.94. The molecule has 2 unspecified atom stereocenters. The lowest BCUT2D eigenvalue weighted by Crippen LogP contribution is -2.50. The van der Waals surface area contributed by atoms with Crippen LogP contribution in [0, 0.1) is 17.8 Å². The number of nitrogens with one attached hydrogen (secondary N) is 1. The standard InChI is InChI=1S/C28H33ClN4O3/c1-5-6-9-20(25(30)34)22(16-17(2)3)27(35)32-26-28(36)33(4)23-11-8-7-10-21(23)24(31-26)18-12-14-19(29)15-13-18/h5,7-8,10-15,17,20,22,26H,1,6,9,16H2,2-4H3,(H2,30,34)(H,32,35)/t20?,22?,26-/m1/s1. The number of benzene rings is 2. The van der Waals surface area contributed by atoms with Crippen LogP contribution in [-0.4, -0.2) is 36.6 Å². The molecule has 3 rings (SSSR count). The van der Waals surface area contributed by atoms with Crippen molar-refractivity contribution in [2.45, 2.75) is 39.3 Å². The van der Waals surface area contributed by atoms with Crippen LogP contribution in [0.5, 0.6) is 0 Å². The number of halogens is 1. The number of anilines is 1. The Kier molecular flexibility index (Phi) is 9.04. The quantitative estimate of drug-likeness (QED) is 0.467. The maximum Gasteiger partial charge on any atom is 0.272 e. The first-order valence-electron chi connectivity index (χ1n) is 12.0. The molecular formula is C28H33ClN4O3. The van der Waals surface area contributed by atoms with Gasteiger partial charge in [0.1, 0.15) is 0 Å². The van der Waals surface area contributed by atoms with Gasteiger partial charge in [-0.1, -0.05) is 61.9 Å². The molecule has 8 heteroatoms. The largest absolute Gasteiger partial charge is 0.369 e. The molecule has 1 heterocycles. The lowest BCUT2D eigenvalue weighted by molar-refractivity contribution is -0.136. The molecule has 0 fully saturated rings. The Morgan fingerprint density at radius 1 is 1.17 bits per heavy atom. The molecule has 3 amide bonds. The first kappa shape index (κ1) is 27.1. The number of nitrogens with zero attached hydrogens (tertiary/aromatic N) is 2. The molecule has 0 aromatic heterocycles. The highest BCUT2D eigenvalue weighted by Gasteiger charge is 2.36. The summed E-state index contributed by atoms with van der Waals surface area (Å²) in [5.41, 5.74) is 8.45. The molecule has 0 radical (unpaired) electrons. The molecule has 1 aliphatic rings. The lowest BCUT2D eigenvalue weighted by Gasteiger charge is -2.27. The number of carbonyl (C=O) groups excluding carboxylic acids is 3. The van der Waals surface area contributed by atoms with Gasteiger partial charge in [0.15, 0.2) is 0 Å². The summed E-state index contributed by atoms with van der Waals surface area (Å²) >= 11 is 6.09. The second kappa shape index (κ2) is 12.0. The van der Waals surface area contributed by atoms with Crippen molar-refractivity contribution < 1.29 is 14.4 Å². The van der Waals surface area contributed by atoms with E-state index in [0.717, 1.165) is 11.1 Å². The number of benzodiazepines with no additional fused rings is 1. The number of hydrogen-bond acceptors (Lipinski definition) is 4. The first-order valence-corrected chi connectivity index (χ1v) is 12.4. The maximum atomic E-state index is 13.6. The molecule has 3 N–H and O–H groups in total. The SMILES string of the molecule is C=CCCC(C(N)=O)C(CC(C)C)C(=O)N[C@H]1N=C(c2ccc(Cl)cc2)c2ccccc2N(C)C1=O. The number of likely N-dealkylation sites (N-methyl/N-ethyl adjacent to an activating group) is 1. The third kappa shape index (κ3) is 6.21. The number of primary amides is 1. The van der Waals surface area contributed by atoms with Crippen molar-refractivity contribution in [1.29, 1.82) is 0 Å². The fourth-order valence-electron chi connectivity index (χ4n) is 4.50. The summed E-state index contributed by atoms with van der Waals surface area (Å²) in [6, 6.07) is 14.6. The molecule has 3 atom stereocenters. The summed E-state index contributed by atoms with van der Waals surface area (Å²) in [5.74, 6) is -2.59. The number of nitrogens with two attached hydrogens (primary N) is 1. The molecule has 0 aliphatic carbocycles. The van der Waals surface area contributed by atoms with Crippen LogP contribution in [-0.2, 0) is 14.4 Å². The van der Waals surface area contributed by atoms with Gasteiger partial charge >= 0.3 is 0 Å². The van der Waals surface area contributed by atoms with Gasteiger partial charge in [-0.3, -0.25) is 14.4 Å². The van der Waals surface area contributed by atoms with Gasteiger partial charge < -0.3 is 16.0 Å². The van der Waals surface area contributed by atoms with Gasteiger partial charge in [-0.25, -0.2) is 4.99 Å². The van der Waals surface area contributed by atoms with Crippen molar-refractivity contribution in [2.75, 3.05) is 11.9 Å². The number of allylic oxidation sites excluding steroid dienone is 1. The Bertz CT molecular complexity index is 1160. The van der Waals surface area contributed by atoms with E-state index >= 15 is 0 Å². The van der Waals surface area contributed by atoms with E-state index < -0.39 is 29.8 Å². The van der Waals surface area contributed by atoms with E-state index in [-0.39, 0.29) is 11.8 Å². The second-order valence-corrected chi connectivity index (χ2v) is 9.86. The summed E-state index contributed by atoms with van der Waals surface area (Å²) in [6.07, 6.45) is 1.93. The molecule has 7 nitrogen and oxygen atoms in total. The van der Waals surface area contributed by atoms with E-state index in [1.165, 1.54) is 4.90 Å². The van der Waals surface area contributed by atoms with Gasteiger partial charge in [0.25, 0.3) is 5.91 Å². The van der Waals surface area contributed by atoms with Crippen LogP contribution in [0.3, 0.4) is 0 Å². The minimum atomic E-state index is -1.18. The van der Waals surface area contributed by atoms with Crippen LogP contribution in [0.2, 0.25) is 5.02 Å². The monoisotopic (exact) mass is 508 g/mol. The smallest absolute Gasteiger partial charge is 0.272 e. The second-order valence-electron chi connectivity index (χ2n) is 9.42. The minimum absolute atomic E-state index is 0.135. The van der Waals surface area contributed by atoms with Gasteiger partial charge in [0, 0.05) is 35.0 Å². The summed E-state index contributed by atoms with van der Waals surface area (Å²) in [7, 11) is 1.66. The first-order chi connectivity index (χ1) is 17.1. The fraction of sp³-hybridized carbons (Fsp3) is 0.357. The summed E-state index contributed by atoms with van der Waals surface area (Å²) in [6.45, 7) is 7.66. The number of rotatable bonds is 10. The van der Waals surface area contributed by atoms with Crippen LogP contribution in [0.1, 0.15) is 44.2 Å². The van der Waals surface area contributed by atoms with Crippen LogP contribution in [0.25, 0.3) is 0 Å². The topological polar surface area (TPSA) is 105 Å². The van der Waals surface area contributed by atoms with E-state index in [2.05, 4.69) is 11.9 Å². The highest BCUT2D eigenvalue weighted by atomic mass is 35.5. The Balaban J connectivity index is 2.03. The van der Waals surface area contributed by atoms with Crippen molar-refractivity contribution in [2.24, 2.45) is 28.5 Å². The number of carbonyl (C=O) groups is 3. The van der Waals surface area contributed by atoms with Gasteiger partial charge in [0.2, 0.25) is 18.0 Å². The Hall–Kier alpha value is -3.45. The minimum Gasteiger partial charge on any atom is -0.369 e. The third-order valence-electron chi connectivity index (χ3n) is 6.33. The molecule has 2 aromatic rings. The van der Waals surface area contributed by atoms with Crippen LogP contribution in [0.4, 0.5) is 5.69 Å². The van der Waals surface area contributed by atoms with E-state index in [4.69, 9.17) is 22.3 Å². The molecule has 190 valence electrons. The van der Waals surface area contributed by atoms with E-state index in [0.29, 0.717) is 35.7 Å². The average molecular weight is 509 g/mol. The van der Waals surface area contributed by atoms with Gasteiger partial charge in [-0.2, -0.15) is 0 Å². The number of hydrogen-bond donors (Lipinski definition) is 2. The maximum absolute atomic E-state index is 13.6. The predicted molar refractivity (Wildman–Crippen MR) is 144 cm³/mol. The number of para-hydroxylation sites is 1. The Morgan fingerprint density at radius 2 is 1.83 bits per heavy atom. The van der Waals surface area contributed by atoms with Gasteiger partial charge in [-0.05, 0) is 43.4 Å². The summed E-state index contributed by atoms with van der Waals surface area (Å²) < 4.78 is 0. The van der Waals surface area contributed by atoms with Crippen LogP contribution < -0.4 is 16.0 Å². The highest BCUT2D eigenvalue weighted by molar-refractivity contribution is 6.30. The van der Waals surface area contributed by atoms with Gasteiger partial charge in [0.05, 0.1) is 11.4 Å². The zero-order valence-electron chi connectivity index (χ0n) is 20.9. The molecule has 0 saturated heterocycles. The highest BCUT2D eigenvalue weighted by Crippen LogP contribution is 2.29. The van der Waals surface area contributed by atoms with Crippen LogP contribution >= 0.6 is 11.6 Å². The normalized spacial score (nSPS) is 17.0. The molecular weight excluding hydrogens is 476 g/mol. The zero-order chi connectivity index (χ0) is 26.4. The van der Waals surface area contributed by atoms with Crippen molar-refractivity contribution in [3.8, 4) is 0 Å². The van der Waals surface area contributed by atoms with Gasteiger partial charge in [-0.15, -0.1) is 6.58 Å². The molecule has 2 aromatic carbocycles. The summed E-state index contributed by atoms with van der Waals surface area (Å²) in [5, 5.41) is 3.40. The Labute approximate surface area is 217 Å². The predicted octanol–water partition coefficient (Wildman–Crippen LogP) is 4.33. The number of amides is 3. The zero-order valence-corrected chi connectivity index (χ0v) is 21.7. The molecule has 1 aliphatic heterocycles. The number of aliphatic imine (C=N–C) groups is 1. The summed E-state index contributed by atoms with van der Waals surface area (Å²) in [4.78, 5) is 45.6. The van der Waals surface area contributed by atoms with E-state index in [1.807, 2.05) is 50.2 Å². The van der Waals surface area contributed by atoms with Crippen molar-refractivity contribution in [3.05, 3.63) is 77.3 Å². The van der Waals surface area contributed by atoms with E-state index in [9.17, 15) is 14.4 Å². The van der Waals surface area contributed by atoms with Crippen LogP contribution in [0.15, 0.2) is 66.2 Å².